The number of rotatable bonds is 11. The number of nitrogens with one attached hydrogen (secondary N) is 3. The average Bonchev–Trinajstić information content (AvgIpc) is 2.60. The Hall–Kier alpha value is -2.08. The van der Waals surface area contributed by atoms with Gasteiger partial charge in [-0.15, -0.1) is 0 Å². The molecule has 1 unspecified atom stereocenters. The zero-order valence-corrected chi connectivity index (χ0v) is 17.2. The molecule has 1 rings (SSSR count). The molecule has 1 aromatic rings. The Labute approximate surface area is 163 Å². The largest absolute Gasteiger partial charge is 0.396 e. The minimum Gasteiger partial charge on any atom is -0.396 e. The van der Waals surface area contributed by atoms with E-state index in [4.69, 9.17) is 4.99 Å². The summed E-state index contributed by atoms with van der Waals surface area (Å²) in [5, 5.41) is 18.7. The molecule has 152 valence electrons. The maximum atomic E-state index is 11.1. The number of benzene rings is 1. The molecule has 0 saturated heterocycles. The SMILES string of the molecule is CCNC(=NCC(CCO)CC(C)C)NCCc1ccc(NC(C)=O)cc1. The number of hydrogen-bond donors (Lipinski definition) is 4. The summed E-state index contributed by atoms with van der Waals surface area (Å²) in [6.07, 6.45) is 2.74. The van der Waals surface area contributed by atoms with Gasteiger partial charge in [-0.2, -0.15) is 0 Å². The van der Waals surface area contributed by atoms with Crippen molar-refractivity contribution in [2.24, 2.45) is 16.8 Å². The summed E-state index contributed by atoms with van der Waals surface area (Å²) in [6.45, 7) is 10.5. The van der Waals surface area contributed by atoms with E-state index in [9.17, 15) is 9.90 Å². The van der Waals surface area contributed by atoms with Crippen molar-refractivity contribution in [1.29, 1.82) is 0 Å². The highest BCUT2D eigenvalue weighted by atomic mass is 16.3. The van der Waals surface area contributed by atoms with E-state index in [1.807, 2.05) is 24.3 Å². The number of guanidine groups is 1. The average molecular weight is 377 g/mol. The predicted molar refractivity (Wildman–Crippen MR) is 113 cm³/mol. The van der Waals surface area contributed by atoms with E-state index < -0.39 is 0 Å². The lowest BCUT2D eigenvalue weighted by Gasteiger charge is -2.17. The lowest BCUT2D eigenvalue weighted by atomic mass is 9.94. The van der Waals surface area contributed by atoms with Crippen molar-refractivity contribution in [2.45, 2.75) is 47.0 Å². The van der Waals surface area contributed by atoms with E-state index in [0.29, 0.717) is 11.8 Å². The Bertz CT molecular complexity index is 570. The Morgan fingerprint density at radius 3 is 2.44 bits per heavy atom. The van der Waals surface area contributed by atoms with Crippen LogP contribution in [0, 0.1) is 11.8 Å². The first-order valence-corrected chi connectivity index (χ1v) is 9.94. The van der Waals surface area contributed by atoms with E-state index in [-0.39, 0.29) is 12.5 Å². The van der Waals surface area contributed by atoms with Gasteiger partial charge in [0.1, 0.15) is 0 Å². The second-order valence-corrected chi connectivity index (χ2v) is 7.28. The van der Waals surface area contributed by atoms with Crippen LogP contribution in [-0.2, 0) is 11.2 Å². The van der Waals surface area contributed by atoms with E-state index in [0.717, 1.165) is 50.5 Å². The van der Waals surface area contributed by atoms with Gasteiger partial charge in [0.15, 0.2) is 5.96 Å². The van der Waals surface area contributed by atoms with Gasteiger partial charge in [0.2, 0.25) is 5.91 Å². The van der Waals surface area contributed by atoms with Crippen LogP contribution >= 0.6 is 0 Å². The Kier molecular flexibility index (Phi) is 11.2. The first-order valence-electron chi connectivity index (χ1n) is 9.94. The van der Waals surface area contributed by atoms with E-state index in [1.165, 1.54) is 12.5 Å². The zero-order chi connectivity index (χ0) is 20.1. The second kappa shape index (κ2) is 13.1. The van der Waals surface area contributed by atoms with Gasteiger partial charge in [0.05, 0.1) is 0 Å². The molecule has 4 N–H and O–H groups in total. The number of aliphatic hydroxyl groups excluding tert-OH is 1. The maximum absolute atomic E-state index is 11.1. The Morgan fingerprint density at radius 2 is 1.89 bits per heavy atom. The van der Waals surface area contributed by atoms with Gasteiger partial charge < -0.3 is 21.1 Å². The molecule has 0 aliphatic rings. The van der Waals surface area contributed by atoms with Gasteiger partial charge in [0, 0.05) is 38.9 Å². The van der Waals surface area contributed by atoms with Crippen LogP contribution in [0.2, 0.25) is 0 Å². The molecule has 1 atom stereocenters. The van der Waals surface area contributed by atoms with Crippen molar-refractivity contribution in [3.05, 3.63) is 29.8 Å². The number of carbonyl (C=O) groups is 1. The Balaban J connectivity index is 2.52. The summed E-state index contributed by atoms with van der Waals surface area (Å²) >= 11 is 0. The number of anilines is 1. The highest BCUT2D eigenvalue weighted by Crippen LogP contribution is 2.15. The standard InChI is InChI=1S/C21H36N4O2/c1-5-22-21(24-15-19(11-13-26)14-16(2)3)23-12-10-18-6-8-20(9-7-18)25-17(4)27/h6-9,16,19,26H,5,10-15H2,1-4H3,(H,25,27)(H2,22,23,24). The van der Waals surface area contributed by atoms with Crippen LogP contribution in [0.25, 0.3) is 0 Å². The predicted octanol–water partition coefficient (Wildman–Crippen LogP) is 2.79. The van der Waals surface area contributed by atoms with Gasteiger partial charge in [-0.05, 0) is 55.7 Å². The highest BCUT2D eigenvalue weighted by molar-refractivity contribution is 5.88. The number of nitrogens with zero attached hydrogens (tertiary/aromatic N) is 1. The van der Waals surface area contributed by atoms with Gasteiger partial charge in [-0.1, -0.05) is 26.0 Å². The number of hydrogen-bond acceptors (Lipinski definition) is 3. The molecule has 0 aromatic heterocycles. The van der Waals surface area contributed by atoms with Crippen LogP contribution in [0.4, 0.5) is 5.69 Å². The third-order valence-electron chi connectivity index (χ3n) is 4.17. The Morgan fingerprint density at radius 1 is 1.19 bits per heavy atom. The summed E-state index contributed by atoms with van der Waals surface area (Å²) in [6, 6.07) is 7.89. The fourth-order valence-electron chi connectivity index (χ4n) is 2.98. The first-order chi connectivity index (χ1) is 12.9. The minimum absolute atomic E-state index is 0.0621. The molecule has 6 heteroatoms. The number of amides is 1. The third-order valence-corrected chi connectivity index (χ3v) is 4.17. The molecule has 0 spiro atoms. The first kappa shape index (κ1) is 23.0. The lowest BCUT2D eigenvalue weighted by molar-refractivity contribution is -0.114. The van der Waals surface area contributed by atoms with E-state index in [2.05, 4.69) is 36.7 Å². The molecule has 0 radical (unpaired) electrons. The number of carbonyl (C=O) groups excluding carboxylic acids is 1. The van der Waals surface area contributed by atoms with Crippen molar-refractivity contribution >= 4 is 17.6 Å². The molecule has 0 heterocycles. The summed E-state index contributed by atoms with van der Waals surface area (Å²) in [4.78, 5) is 15.8. The molecule has 6 nitrogen and oxygen atoms in total. The van der Waals surface area contributed by atoms with Gasteiger partial charge in [-0.3, -0.25) is 9.79 Å². The van der Waals surface area contributed by atoms with Gasteiger partial charge in [-0.25, -0.2) is 0 Å². The number of aliphatic hydroxyl groups is 1. The molecule has 0 saturated carbocycles. The summed E-state index contributed by atoms with van der Waals surface area (Å²) in [5.74, 6) is 1.77. The molecule has 27 heavy (non-hydrogen) atoms. The highest BCUT2D eigenvalue weighted by Gasteiger charge is 2.10. The van der Waals surface area contributed by atoms with Crippen LogP contribution in [0.5, 0.6) is 0 Å². The van der Waals surface area contributed by atoms with Crippen molar-refractivity contribution in [3.63, 3.8) is 0 Å². The molecular weight excluding hydrogens is 340 g/mol. The summed E-state index contributed by atoms with van der Waals surface area (Å²) in [7, 11) is 0. The fraction of sp³-hybridized carbons (Fsp3) is 0.619. The third kappa shape index (κ3) is 10.6. The monoisotopic (exact) mass is 376 g/mol. The number of aliphatic imine (C=N–C) groups is 1. The van der Waals surface area contributed by atoms with E-state index in [1.54, 1.807) is 0 Å². The lowest BCUT2D eigenvalue weighted by Crippen LogP contribution is -2.38. The quantitative estimate of drug-likeness (QED) is 0.353. The molecule has 0 bridgehead atoms. The van der Waals surface area contributed by atoms with Crippen molar-refractivity contribution in [2.75, 3.05) is 31.6 Å². The molecule has 1 amide bonds. The molecule has 0 aliphatic carbocycles. The van der Waals surface area contributed by atoms with Gasteiger partial charge in [0.25, 0.3) is 0 Å². The molecule has 1 aromatic carbocycles. The van der Waals surface area contributed by atoms with E-state index >= 15 is 0 Å². The molecule has 0 aliphatic heterocycles. The molecule has 0 fully saturated rings. The summed E-state index contributed by atoms with van der Waals surface area (Å²) < 4.78 is 0. The van der Waals surface area contributed by atoms with Crippen molar-refractivity contribution in [1.82, 2.24) is 10.6 Å². The van der Waals surface area contributed by atoms with Crippen LogP contribution in [-0.4, -0.2) is 43.2 Å². The smallest absolute Gasteiger partial charge is 0.221 e. The zero-order valence-electron chi connectivity index (χ0n) is 17.2. The van der Waals surface area contributed by atoms with Crippen LogP contribution in [0.1, 0.15) is 46.1 Å². The fourth-order valence-corrected chi connectivity index (χ4v) is 2.98. The maximum Gasteiger partial charge on any atom is 0.221 e. The van der Waals surface area contributed by atoms with Crippen molar-refractivity contribution in [3.8, 4) is 0 Å². The van der Waals surface area contributed by atoms with Crippen LogP contribution in [0.3, 0.4) is 0 Å². The second-order valence-electron chi connectivity index (χ2n) is 7.28. The summed E-state index contributed by atoms with van der Waals surface area (Å²) in [5.41, 5.74) is 2.01. The molecular formula is C21H36N4O2. The van der Waals surface area contributed by atoms with Crippen LogP contribution < -0.4 is 16.0 Å². The van der Waals surface area contributed by atoms with Crippen molar-refractivity contribution < 1.29 is 9.90 Å². The minimum atomic E-state index is -0.0621. The normalized spacial score (nSPS) is 12.7. The topological polar surface area (TPSA) is 85.8 Å². The van der Waals surface area contributed by atoms with Gasteiger partial charge >= 0.3 is 0 Å². The van der Waals surface area contributed by atoms with Crippen LogP contribution in [0.15, 0.2) is 29.3 Å².